The molecule has 1 atom stereocenters. The molecule has 4 rings (SSSR count). The van der Waals surface area contributed by atoms with Crippen LogP contribution in [0.4, 0.5) is 4.39 Å². The summed E-state index contributed by atoms with van der Waals surface area (Å²) in [6.07, 6.45) is 6.48. The maximum absolute atomic E-state index is 13.1. The Morgan fingerprint density at radius 2 is 1.55 bits per heavy atom. The van der Waals surface area contributed by atoms with Gasteiger partial charge in [0, 0.05) is 6.54 Å². The van der Waals surface area contributed by atoms with Crippen molar-refractivity contribution in [2.75, 3.05) is 39.8 Å². The number of hydrogen-bond donors (Lipinski definition) is 0. The molecule has 2 fully saturated rings. The Hall–Kier alpha value is -2.24. The van der Waals surface area contributed by atoms with Crippen LogP contribution in [0, 0.1) is 17.7 Å². The number of esters is 1. The third kappa shape index (κ3) is 6.87. The van der Waals surface area contributed by atoms with Crippen LogP contribution in [0.3, 0.4) is 0 Å². The minimum atomic E-state index is -0.194. The number of nitrogens with zero attached hydrogens (tertiary/aromatic N) is 2. The Bertz CT molecular complexity index is 857. The first-order chi connectivity index (χ1) is 16.1. The number of rotatable bonds is 8. The molecule has 0 unspecified atom stereocenters. The lowest BCUT2D eigenvalue weighted by Crippen LogP contribution is -2.49. The van der Waals surface area contributed by atoms with Gasteiger partial charge in [0.25, 0.3) is 0 Å². The predicted molar refractivity (Wildman–Crippen MR) is 130 cm³/mol. The first-order valence-corrected chi connectivity index (χ1v) is 12.4. The third-order valence-electron chi connectivity index (χ3n) is 7.50. The fraction of sp³-hybridized carbons (Fsp3) is 0.536. The molecule has 0 aromatic heterocycles. The minimum Gasteiger partial charge on any atom is -0.468 e. The Labute approximate surface area is 197 Å². The van der Waals surface area contributed by atoms with Crippen LogP contribution in [-0.4, -0.2) is 61.6 Å². The summed E-state index contributed by atoms with van der Waals surface area (Å²) in [6.45, 7) is 5.39. The van der Waals surface area contributed by atoms with E-state index in [4.69, 9.17) is 4.74 Å². The minimum absolute atomic E-state index is 0.125. The maximum atomic E-state index is 13.1. The van der Waals surface area contributed by atoms with Crippen LogP contribution >= 0.6 is 0 Å². The van der Waals surface area contributed by atoms with Gasteiger partial charge >= 0.3 is 5.97 Å². The average Bonchev–Trinajstić information content (AvgIpc) is 2.86. The first kappa shape index (κ1) is 23.9. The second-order valence-electron chi connectivity index (χ2n) is 9.78. The molecule has 0 saturated carbocycles. The Kier molecular flexibility index (Phi) is 8.51. The summed E-state index contributed by atoms with van der Waals surface area (Å²) in [7, 11) is 1.49. The van der Waals surface area contributed by atoms with E-state index in [1.165, 1.54) is 37.6 Å². The molecule has 178 valence electrons. The summed E-state index contributed by atoms with van der Waals surface area (Å²) in [6, 6.07) is 17.0. The van der Waals surface area contributed by atoms with Crippen LogP contribution in [0.5, 0.6) is 0 Å². The molecule has 0 bridgehead atoms. The molecule has 0 amide bonds. The van der Waals surface area contributed by atoms with Gasteiger partial charge < -0.3 is 9.64 Å². The molecule has 2 aliphatic rings. The largest absolute Gasteiger partial charge is 0.468 e. The van der Waals surface area contributed by atoms with Crippen molar-refractivity contribution in [2.45, 2.75) is 44.6 Å². The molecule has 2 aromatic rings. The summed E-state index contributed by atoms with van der Waals surface area (Å²) in [4.78, 5) is 17.5. The topological polar surface area (TPSA) is 32.8 Å². The number of piperidine rings is 2. The van der Waals surface area contributed by atoms with Crippen LogP contribution in [0.1, 0.15) is 36.8 Å². The summed E-state index contributed by atoms with van der Waals surface area (Å²) < 4.78 is 18.3. The van der Waals surface area contributed by atoms with Gasteiger partial charge in [0.15, 0.2) is 0 Å². The smallest absolute Gasteiger partial charge is 0.323 e. The zero-order chi connectivity index (χ0) is 23.0. The normalized spacial score (nSPS) is 19.9. The zero-order valence-electron chi connectivity index (χ0n) is 19.8. The molecule has 2 saturated heterocycles. The second kappa shape index (κ2) is 11.8. The van der Waals surface area contributed by atoms with Gasteiger partial charge in [0.2, 0.25) is 0 Å². The van der Waals surface area contributed by atoms with Gasteiger partial charge in [-0.25, -0.2) is 4.39 Å². The van der Waals surface area contributed by atoms with Gasteiger partial charge in [-0.2, -0.15) is 0 Å². The fourth-order valence-corrected chi connectivity index (χ4v) is 5.47. The van der Waals surface area contributed by atoms with Crippen molar-refractivity contribution in [1.82, 2.24) is 9.80 Å². The van der Waals surface area contributed by atoms with Gasteiger partial charge in [-0.15, -0.1) is 0 Å². The maximum Gasteiger partial charge on any atom is 0.323 e. The van der Waals surface area contributed by atoms with Crippen LogP contribution in [0.2, 0.25) is 0 Å². The number of likely N-dealkylation sites (tertiary alicyclic amines) is 2. The monoisotopic (exact) mass is 452 g/mol. The lowest BCUT2D eigenvalue weighted by atomic mass is 9.88. The third-order valence-corrected chi connectivity index (χ3v) is 7.50. The Morgan fingerprint density at radius 3 is 2.18 bits per heavy atom. The quantitative estimate of drug-likeness (QED) is 0.549. The number of halogens is 1. The van der Waals surface area contributed by atoms with Crippen molar-refractivity contribution < 1.29 is 13.9 Å². The SMILES string of the molecule is COC(=O)[C@@H](Cc1ccccc1)N1CCC(CN2CCC(Cc3ccc(F)cc3)CC2)CC1. The molecule has 0 spiro atoms. The molecule has 2 aliphatic heterocycles. The molecular formula is C28H37FN2O2. The number of hydrogen-bond acceptors (Lipinski definition) is 4. The molecule has 0 N–H and O–H groups in total. The van der Waals surface area contributed by atoms with E-state index in [1.54, 1.807) is 12.1 Å². The Balaban J connectivity index is 1.21. The van der Waals surface area contributed by atoms with E-state index in [-0.39, 0.29) is 17.8 Å². The summed E-state index contributed by atoms with van der Waals surface area (Å²) in [5.41, 5.74) is 2.43. The number of carbonyl (C=O) groups is 1. The van der Waals surface area contributed by atoms with Crippen molar-refractivity contribution in [2.24, 2.45) is 11.8 Å². The lowest BCUT2D eigenvalue weighted by Gasteiger charge is -2.39. The van der Waals surface area contributed by atoms with E-state index >= 15 is 0 Å². The zero-order valence-corrected chi connectivity index (χ0v) is 19.8. The van der Waals surface area contributed by atoms with Gasteiger partial charge in [0.1, 0.15) is 11.9 Å². The van der Waals surface area contributed by atoms with E-state index < -0.39 is 0 Å². The second-order valence-corrected chi connectivity index (χ2v) is 9.78. The number of carbonyl (C=O) groups excluding carboxylic acids is 1. The molecule has 0 radical (unpaired) electrons. The molecule has 33 heavy (non-hydrogen) atoms. The van der Waals surface area contributed by atoms with Crippen LogP contribution in [0.15, 0.2) is 54.6 Å². The van der Waals surface area contributed by atoms with Gasteiger partial charge in [-0.05, 0) is 99.8 Å². The van der Waals surface area contributed by atoms with E-state index in [9.17, 15) is 9.18 Å². The first-order valence-electron chi connectivity index (χ1n) is 12.4. The van der Waals surface area contributed by atoms with Crippen LogP contribution < -0.4 is 0 Å². The van der Waals surface area contributed by atoms with Crippen LogP contribution in [-0.2, 0) is 22.4 Å². The number of ether oxygens (including phenoxy) is 1. The van der Waals surface area contributed by atoms with Crippen LogP contribution in [0.25, 0.3) is 0 Å². The highest BCUT2D eigenvalue weighted by atomic mass is 19.1. The van der Waals surface area contributed by atoms with Gasteiger partial charge in [-0.1, -0.05) is 42.5 Å². The van der Waals surface area contributed by atoms with E-state index in [0.717, 1.165) is 45.4 Å². The van der Waals surface area contributed by atoms with Crippen molar-refractivity contribution in [3.8, 4) is 0 Å². The standard InChI is InChI=1S/C28H37FN2O2/c1-33-28(32)27(20-22-5-3-2-4-6-22)31-17-13-25(14-18-31)21-30-15-11-24(12-16-30)19-23-7-9-26(29)10-8-23/h2-10,24-25,27H,11-21H2,1H3/t27-/m1/s1. The van der Waals surface area contributed by atoms with Crippen molar-refractivity contribution in [3.05, 3.63) is 71.5 Å². The van der Waals surface area contributed by atoms with E-state index in [2.05, 4.69) is 21.9 Å². The Morgan fingerprint density at radius 1 is 0.909 bits per heavy atom. The highest BCUT2D eigenvalue weighted by Crippen LogP contribution is 2.26. The summed E-state index contributed by atoms with van der Waals surface area (Å²) in [5.74, 6) is 1.12. The van der Waals surface area contributed by atoms with Gasteiger partial charge in [-0.3, -0.25) is 9.69 Å². The molecule has 4 nitrogen and oxygen atoms in total. The predicted octanol–water partition coefficient (Wildman–Crippen LogP) is 4.58. The molecule has 2 aromatic carbocycles. The molecule has 0 aliphatic carbocycles. The lowest BCUT2D eigenvalue weighted by molar-refractivity contribution is -0.147. The summed E-state index contributed by atoms with van der Waals surface area (Å²) in [5, 5.41) is 0. The number of methoxy groups -OCH3 is 1. The van der Waals surface area contributed by atoms with E-state index in [0.29, 0.717) is 18.3 Å². The van der Waals surface area contributed by atoms with Gasteiger partial charge in [0.05, 0.1) is 7.11 Å². The average molecular weight is 453 g/mol. The molecular weight excluding hydrogens is 415 g/mol. The van der Waals surface area contributed by atoms with Crippen molar-refractivity contribution in [3.63, 3.8) is 0 Å². The summed E-state index contributed by atoms with van der Waals surface area (Å²) >= 11 is 0. The van der Waals surface area contributed by atoms with E-state index in [1.807, 2.05) is 30.3 Å². The fourth-order valence-electron chi connectivity index (χ4n) is 5.47. The van der Waals surface area contributed by atoms with Crippen molar-refractivity contribution in [1.29, 1.82) is 0 Å². The van der Waals surface area contributed by atoms with Crippen molar-refractivity contribution >= 4 is 5.97 Å². The highest BCUT2D eigenvalue weighted by Gasteiger charge is 2.31. The molecule has 5 heteroatoms. The number of benzene rings is 2. The highest BCUT2D eigenvalue weighted by molar-refractivity contribution is 5.76. The molecule has 2 heterocycles.